The standard InChI is InChI=1S/C21H28N4O2S/c1-4-18-24-19-20(15(2)16(3)23-21(19)22)25(18)13-9-6-10-14-28(26,27)17-11-7-5-8-12-17/h5,7-8,11-12H,4,6,9-10,13-14H2,1-3H3,(H2,22,23). The minimum absolute atomic E-state index is 0.178. The lowest BCUT2D eigenvalue weighted by atomic mass is 10.2. The summed E-state index contributed by atoms with van der Waals surface area (Å²) in [4.78, 5) is 9.48. The molecule has 0 amide bonds. The molecule has 2 aromatic heterocycles. The molecule has 0 saturated heterocycles. The lowest BCUT2D eigenvalue weighted by Crippen LogP contribution is -2.08. The van der Waals surface area contributed by atoms with Crippen LogP contribution in [-0.2, 0) is 22.8 Å². The molecule has 0 saturated carbocycles. The molecule has 0 unspecified atom stereocenters. The lowest BCUT2D eigenvalue weighted by Gasteiger charge is -2.11. The van der Waals surface area contributed by atoms with Crippen LogP contribution >= 0.6 is 0 Å². The Kier molecular flexibility index (Phi) is 6.03. The minimum atomic E-state index is -3.20. The number of benzene rings is 1. The molecule has 1 aromatic carbocycles. The van der Waals surface area contributed by atoms with E-state index in [0.717, 1.165) is 53.9 Å². The molecule has 0 bridgehead atoms. The van der Waals surface area contributed by atoms with Gasteiger partial charge in [-0.3, -0.25) is 0 Å². The van der Waals surface area contributed by atoms with E-state index in [1.165, 1.54) is 0 Å². The number of anilines is 1. The van der Waals surface area contributed by atoms with E-state index in [4.69, 9.17) is 10.7 Å². The summed E-state index contributed by atoms with van der Waals surface area (Å²) >= 11 is 0. The van der Waals surface area contributed by atoms with E-state index in [1.54, 1.807) is 24.3 Å². The fraction of sp³-hybridized carbons (Fsp3) is 0.429. The molecule has 2 heterocycles. The number of pyridine rings is 1. The molecule has 6 nitrogen and oxygen atoms in total. The molecule has 28 heavy (non-hydrogen) atoms. The monoisotopic (exact) mass is 400 g/mol. The highest BCUT2D eigenvalue weighted by atomic mass is 32.2. The number of rotatable bonds is 8. The summed E-state index contributed by atoms with van der Waals surface area (Å²) in [5.41, 5.74) is 9.93. The summed E-state index contributed by atoms with van der Waals surface area (Å²) in [6, 6.07) is 8.65. The zero-order chi connectivity index (χ0) is 20.3. The molecule has 7 heteroatoms. The zero-order valence-corrected chi connectivity index (χ0v) is 17.6. The predicted molar refractivity (Wildman–Crippen MR) is 113 cm³/mol. The third-order valence-corrected chi connectivity index (χ3v) is 7.01. The summed E-state index contributed by atoms with van der Waals surface area (Å²) in [5, 5.41) is 0. The van der Waals surface area contributed by atoms with Crippen molar-refractivity contribution in [2.24, 2.45) is 0 Å². The second-order valence-corrected chi connectivity index (χ2v) is 9.24. The van der Waals surface area contributed by atoms with Crippen molar-refractivity contribution in [2.45, 2.75) is 57.9 Å². The number of nitrogens with two attached hydrogens (primary N) is 1. The van der Waals surface area contributed by atoms with Crippen LogP contribution in [0.2, 0.25) is 0 Å². The predicted octanol–water partition coefficient (Wildman–Crippen LogP) is 3.84. The molecule has 3 aromatic rings. The molecule has 0 atom stereocenters. The number of aromatic nitrogens is 3. The molecule has 150 valence electrons. The quantitative estimate of drug-likeness (QED) is 0.580. The number of sulfone groups is 1. The molecule has 2 N–H and O–H groups in total. The van der Waals surface area contributed by atoms with E-state index < -0.39 is 9.84 Å². The lowest BCUT2D eigenvalue weighted by molar-refractivity contribution is 0.574. The molecular weight excluding hydrogens is 372 g/mol. The van der Waals surface area contributed by atoms with E-state index in [1.807, 2.05) is 19.9 Å². The number of fused-ring (bicyclic) bond motifs is 1. The van der Waals surface area contributed by atoms with Gasteiger partial charge in [-0.1, -0.05) is 31.5 Å². The Morgan fingerprint density at radius 2 is 1.75 bits per heavy atom. The van der Waals surface area contributed by atoms with Gasteiger partial charge in [0.25, 0.3) is 0 Å². The first-order chi connectivity index (χ1) is 13.3. The second kappa shape index (κ2) is 8.31. The van der Waals surface area contributed by atoms with Crippen LogP contribution in [0.1, 0.15) is 43.3 Å². The van der Waals surface area contributed by atoms with E-state index in [2.05, 4.69) is 16.5 Å². The van der Waals surface area contributed by atoms with Gasteiger partial charge in [0.15, 0.2) is 15.7 Å². The molecule has 0 spiro atoms. The Labute approximate surface area is 166 Å². The van der Waals surface area contributed by atoms with Crippen LogP contribution in [0.15, 0.2) is 35.2 Å². The summed E-state index contributed by atoms with van der Waals surface area (Å²) in [7, 11) is -3.20. The fourth-order valence-electron chi connectivity index (χ4n) is 3.54. The average molecular weight is 401 g/mol. The summed E-state index contributed by atoms with van der Waals surface area (Å²) in [5.74, 6) is 1.65. The van der Waals surface area contributed by atoms with Crippen molar-refractivity contribution in [1.29, 1.82) is 0 Å². The highest BCUT2D eigenvalue weighted by Crippen LogP contribution is 2.26. The average Bonchev–Trinajstić information content (AvgIpc) is 3.06. The summed E-state index contributed by atoms with van der Waals surface area (Å²) < 4.78 is 27.0. The molecule has 0 radical (unpaired) electrons. The normalized spacial score (nSPS) is 12.0. The van der Waals surface area contributed by atoms with Crippen molar-refractivity contribution in [3.63, 3.8) is 0 Å². The number of hydrogen-bond acceptors (Lipinski definition) is 5. The number of unbranched alkanes of at least 4 members (excludes halogenated alkanes) is 2. The van der Waals surface area contributed by atoms with Gasteiger partial charge < -0.3 is 10.3 Å². The second-order valence-electron chi connectivity index (χ2n) is 7.13. The van der Waals surface area contributed by atoms with Crippen LogP contribution in [0.4, 0.5) is 5.82 Å². The van der Waals surface area contributed by atoms with Crippen molar-refractivity contribution in [1.82, 2.24) is 14.5 Å². The van der Waals surface area contributed by atoms with Crippen LogP contribution in [0.3, 0.4) is 0 Å². The van der Waals surface area contributed by atoms with Crippen LogP contribution in [0, 0.1) is 13.8 Å². The van der Waals surface area contributed by atoms with Gasteiger partial charge in [0.05, 0.1) is 16.2 Å². The zero-order valence-electron chi connectivity index (χ0n) is 16.8. The van der Waals surface area contributed by atoms with Crippen LogP contribution in [0.25, 0.3) is 11.0 Å². The first kappa shape index (κ1) is 20.3. The van der Waals surface area contributed by atoms with Gasteiger partial charge in [-0.2, -0.15) is 0 Å². The number of nitrogens with zero attached hydrogens (tertiary/aromatic N) is 3. The topological polar surface area (TPSA) is 90.9 Å². The highest BCUT2D eigenvalue weighted by Gasteiger charge is 2.17. The number of nitrogen functional groups attached to an aromatic ring is 1. The van der Waals surface area contributed by atoms with Gasteiger partial charge in [-0.25, -0.2) is 18.4 Å². The molecular formula is C21H28N4O2S. The first-order valence-electron chi connectivity index (χ1n) is 9.74. The minimum Gasteiger partial charge on any atom is -0.382 e. The molecule has 0 aliphatic rings. The maximum atomic E-state index is 12.4. The third-order valence-electron chi connectivity index (χ3n) is 5.19. The molecule has 0 aliphatic carbocycles. The van der Waals surface area contributed by atoms with Gasteiger partial charge in [0.1, 0.15) is 11.3 Å². The number of imidazole rings is 1. The van der Waals surface area contributed by atoms with Crippen molar-refractivity contribution in [3.8, 4) is 0 Å². The first-order valence-corrected chi connectivity index (χ1v) is 11.4. The van der Waals surface area contributed by atoms with Gasteiger partial charge in [-0.15, -0.1) is 0 Å². The third kappa shape index (κ3) is 4.04. The van der Waals surface area contributed by atoms with Crippen molar-refractivity contribution in [3.05, 3.63) is 47.4 Å². The summed E-state index contributed by atoms with van der Waals surface area (Å²) in [6.45, 7) is 6.89. The molecule has 0 aliphatic heterocycles. The van der Waals surface area contributed by atoms with E-state index in [9.17, 15) is 8.42 Å². The van der Waals surface area contributed by atoms with Crippen LogP contribution in [-0.4, -0.2) is 28.7 Å². The smallest absolute Gasteiger partial charge is 0.178 e. The van der Waals surface area contributed by atoms with Gasteiger partial charge in [0, 0.05) is 18.7 Å². The maximum Gasteiger partial charge on any atom is 0.178 e. The van der Waals surface area contributed by atoms with E-state index in [-0.39, 0.29) is 5.75 Å². The maximum absolute atomic E-state index is 12.4. The molecule has 0 fully saturated rings. The number of hydrogen-bond donors (Lipinski definition) is 1. The SMILES string of the molecule is CCc1nc2c(N)nc(C)c(C)c2n1CCCCCS(=O)(=O)c1ccccc1. The van der Waals surface area contributed by atoms with Crippen molar-refractivity contribution < 1.29 is 8.42 Å². The highest BCUT2D eigenvalue weighted by molar-refractivity contribution is 7.91. The van der Waals surface area contributed by atoms with Gasteiger partial charge >= 0.3 is 0 Å². The Bertz CT molecular complexity index is 1070. The van der Waals surface area contributed by atoms with Crippen molar-refractivity contribution >= 4 is 26.7 Å². The van der Waals surface area contributed by atoms with Crippen LogP contribution < -0.4 is 5.73 Å². The van der Waals surface area contributed by atoms with Crippen LogP contribution in [0.5, 0.6) is 0 Å². The van der Waals surface area contributed by atoms with Gasteiger partial charge in [-0.05, 0) is 44.4 Å². The van der Waals surface area contributed by atoms with Gasteiger partial charge in [0.2, 0.25) is 0 Å². The Hall–Kier alpha value is -2.41. The Balaban J connectivity index is 1.68. The molecule has 3 rings (SSSR count). The van der Waals surface area contributed by atoms with Crippen molar-refractivity contribution in [2.75, 3.05) is 11.5 Å². The largest absolute Gasteiger partial charge is 0.382 e. The summed E-state index contributed by atoms with van der Waals surface area (Å²) in [6.07, 6.45) is 3.19. The number of aryl methyl sites for hydroxylation is 4. The van der Waals surface area contributed by atoms with E-state index >= 15 is 0 Å². The Morgan fingerprint density at radius 1 is 1.04 bits per heavy atom. The Morgan fingerprint density at radius 3 is 2.43 bits per heavy atom. The fourth-order valence-corrected chi connectivity index (χ4v) is 4.93. The van der Waals surface area contributed by atoms with E-state index in [0.29, 0.717) is 17.1 Å².